The summed E-state index contributed by atoms with van der Waals surface area (Å²) in [5.41, 5.74) is 3.86. The van der Waals surface area contributed by atoms with Crippen LogP contribution in [0.3, 0.4) is 0 Å². The summed E-state index contributed by atoms with van der Waals surface area (Å²) in [6, 6.07) is 10.6. The number of hydrogen-bond donors (Lipinski definition) is 1. The molecule has 3 rings (SSSR count). The smallest absolute Gasteiger partial charge is 0.255 e. The Morgan fingerprint density at radius 1 is 1.14 bits per heavy atom. The third-order valence-electron chi connectivity index (χ3n) is 4.90. The van der Waals surface area contributed by atoms with Crippen LogP contribution in [0.2, 0.25) is 0 Å². The molecule has 2 aromatic rings. The van der Waals surface area contributed by atoms with Crippen molar-refractivity contribution >= 4 is 36.4 Å². The lowest BCUT2D eigenvalue weighted by Gasteiger charge is -2.28. The second kappa shape index (κ2) is 11.2. The highest BCUT2D eigenvalue weighted by Gasteiger charge is 2.26. The summed E-state index contributed by atoms with van der Waals surface area (Å²) >= 11 is 0. The van der Waals surface area contributed by atoms with E-state index >= 15 is 0 Å². The Balaban J connectivity index is 0.00000196. The highest BCUT2D eigenvalue weighted by atomic mass is 35.5. The standard InChI is InChI=1S/C21H28N4O.2ClH/c1-4-11-25(20-9-10-22-15-20)21(26)18-12-17(13-23-14-18)16-5-7-19(8-6-16)24(2)3;;/h5-8,12-14,20,22H,4,9-11,15H2,1-3H3;2*1H. The molecule has 1 fully saturated rings. The molecule has 1 aromatic carbocycles. The third kappa shape index (κ3) is 5.60. The average molecular weight is 425 g/mol. The second-order valence-electron chi connectivity index (χ2n) is 7.05. The van der Waals surface area contributed by atoms with Gasteiger partial charge in [0.05, 0.1) is 5.56 Å². The molecule has 1 aromatic heterocycles. The number of amides is 1. The first-order valence-corrected chi connectivity index (χ1v) is 9.34. The molecule has 1 atom stereocenters. The molecule has 0 radical (unpaired) electrons. The first-order valence-electron chi connectivity index (χ1n) is 9.34. The van der Waals surface area contributed by atoms with Gasteiger partial charge in [0.25, 0.3) is 5.91 Å². The van der Waals surface area contributed by atoms with Crippen LogP contribution in [0, 0.1) is 0 Å². The Morgan fingerprint density at radius 2 is 1.86 bits per heavy atom. The minimum absolute atomic E-state index is 0. The minimum Gasteiger partial charge on any atom is -0.378 e. The van der Waals surface area contributed by atoms with Gasteiger partial charge in [0.1, 0.15) is 0 Å². The summed E-state index contributed by atoms with van der Waals surface area (Å²) in [4.78, 5) is 21.5. The number of aromatic nitrogens is 1. The van der Waals surface area contributed by atoms with Crippen molar-refractivity contribution in [2.24, 2.45) is 0 Å². The molecule has 1 amide bonds. The van der Waals surface area contributed by atoms with E-state index in [0.29, 0.717) is 5.56 Å². The lowest BCUT2D eigenvalue weighted by molar-refractivity contribution is 0.0692. The maximum Gasteiger partial charge on any atom is 0.255 e. The monoisotopic (exact) mass is 424 g/mol. The topological polar surface area (TPSA) is 48.5 Å². The van der Waals surface area contributed by atoms with E-state index < -0.39 is 0 Å². The molecule has 1 aliphatic rings. The number of rotatable bonds is 6. The summed E-state index contributed by atoms with van der Waals surface area (Å²) in [5, 5.41) is 3.36. The van der Waals surface area contributed by atoms with Crippen LogP contribution >= 0.6 is 24.8 Å². The third-order valence-corrected chi connectivity index (χ3v) is 4.90. The maximum absolute atomic E-state index is 13.1. The fourth-order valence-corrected chi connectivity index (χ4v) is 3.43. The molecule has 1 N–H and O–H groups in total. The molecule has 5 nitrogen and oxygen atoms in total. The zero-order valence-electron chi connectivity index (χ0n) is 16.7. The fourth-order valence-electron chi connectivity index (χ4n) is 3.43. The lowest BCUT2D eigenvalue weighted by Crippen LogP contribution is -2.42. The Kier molecular flexibility index (Phi) is 9.73. The predicted octanol–water partition coefficient (Wildman–Crippen LogP) is 3.87. The molecule has 154 valence electrons. The van der Waals surface area contributed by atoms with Crippen LogP contribution in [-0.4, -0.2) is 55.6 Å². The number of anilines is 1. The highest BCUT2D eigenvalue weighted by molar-refractivity contribution is 5.95. The van der Waals surface area contributed by atoms with Crippen molar-refractivity contribution in [2.45, 2.75) is 25.8 Å². The molecule has 28 heavy (non-hydrogen) atoms. The van der Waals surface area contributed by atoms with Crippen molar-refractivity contribution in [1.29, 1.82) is 0 Å². The van der Waals surface area contributed by atoms with E-state index in [-0.39, 0.29) is 36.8 Å². The van der Waals surface area contributed by atoms with Crippen molar-refractivity contribution in [3.63, 3.8) is 0 Å². The molecular formula is C21H30Cl2N4O. The Morgan fingerprint density at radius 3 is 2.43 bits per heavy atom. The second-order valence-corrected chi connectivity index (χ2v) is 7.05. The molecular weight excluding hydrogens is 395 g/mol. The zero-order chi connectivity index (χ0) is 18.5. The lowest BCUT2D eigenvalue weighted by atomic mass is 10.0. The van der Waals surface area contributed by atoms with Crippen LogP contribution < -0.4 is 10.2 Å². The minimum atomic E-state index is 0. The summed E-state index contributed by atoms with van der Waals surface area (Å²) in [7, 11) is 4.05. The van der Waals surface area contributed by atoms with Crippen molar-refractivity contribution in [3.8, 4) is 11.1 Å². The Labute approximate surface area is 180 Å². The number of halogens is 2. The number of hydrogen-bond acceptors (Lipinski definition) is 4. The van der Waals surface area contributed by atoms with E-state index in [0.717, 1.165) is 49.3 Å². The predicted molar refractivity (Wildman–Crippen MR) is 121 cm³/mol. The highest BCUT2D eigenvalue weighted by Crippen LogP contribution is 2.23. The quantitative estimate of drug-likeness (QED) is 0.764. The Hall–Kier alpha value is -1.82. The molecule has 1 saturated heterocycles. The number of carbonyl (C=O) groups is 1. The summed E-state index contributed by atoms with van der Waals surface area (Å²) in [6.45, 7) is 4.76. The van der Waals surface area contributed by atoms with E-state index in [4.69, 9.17) is 0 Å². The molecule has 2 heterocycles. The van der Waals surface area contributed by atoms with Crippen LogP contribution in [0.15, 0.2) is 42.7 Å². The van der Waals surface area contributed by atoms with Gasteiger partial charge >= 0.3 is 0 Å². The summed E-state index contributed by atoms with van der Waals surface area (Å²) in [6.07, 6.45) is 5.49. The number of pyridine rings is 1. The van der Waals surface area contributed by atoms with Gasteiger partial charge < -0.3 is 15.1 Å². The largest absolute Gasteiger partial charge is 0.378 e. The fraction of sp³-hybridized carbons (Fsp3) is 0.429. The van der Waals surface area contributed by atoms with Crippen LogP contribution in [0.1, 0.15) is 30.1 Å². The van der Waals surface area contributed by atoms with Gasteiger partial charge in [-0.2, -0.15) is 0 Å². The SMILES string of the molecule is CCCN(C(=O)c1cncc(-c2ccc(N(C)C)cc2)c1)C1CCNC1.Cl.Cl. The van der Waals surface area contributed by atoms with E-state index in [1.807, 2.05) is 31.3 Å². The number of nitrogens with one attached hydrogen (secondary N) is 1. The number of carbonyl (C=O) groups excluding carboxylic acids is 1. The van der Waals surface area contributed by atoms with Gasteiger partial charge in [-0.15, -0.1) is 24.8 Å². The molecule has 0 aliphatic carbocycles. The van der Waals surface area contributed by atoms with Crippen LogP contribution in [0.4, 0.5) is 5.69 Å². The van der Waals surface area contributed by atoms with Gasteiger partial charge in [0.2, 0.25) is 0 Å². The van der Waals surface area contributed by atoms with Crippen molar-refractivity contribution in [3.05, 3.63) is 48.3 Å². The van der Waals surface area contributed by atoms with E-state index in [1.165, 1.54) is 0 Å². The van der Waals surface area contributed by atoms with Gasteiger partial charge in [-0.25, -0.2) is 0 Å². The molecule has 0 saturated carbocycles. The van der Waals surface area contributed by atoms with Crippen molar-refractivity contribution < 1.29 is 4.79 Å². The molecule has 1 aliphatic heterocycles. The maximum atomic E-state index is 13.1. The average Bonchev–Trinajstić information content (AvgIpc) is 3.20. The first-order chi connectivity index (χ1) is 12.6. The number of benzene rings is 1. The Bertz CT molecular complexity index is 746. The van der Waals surface area contributed by atoms with E-state index in [2.05, 4.69) is 46.4 Å². The van der Waals surface area contributed by atoms with Gasteiger partial charge in [-0.05, 0) is 43.1 Å². The molecule has 0 bridgehead atoms. The van der Waals surface area contributed by atoms with Gasteiger partial charge in [-0.1, -0.05) is 19.1 Å². The summed E-state index contributed by atoms with van der Waals surface area (Å²) in [5.74, 6) is 0.0832. The van der Waals surface area contributed by atoms with Gasteiger partial charge in [-0.3, -0.25) is 9.78 Å². The molecule has 0 spiro atoms. The first kappa shape index (κ1) is 24.2. The number of nitrogens with zero attached hydrogens (tertiary/aromatic N) is 3. The van der Waals surface area contributed by atoms with Crippen LogP contribution in [0.5, 0.6) is 0 Å². The molecule has 1 unspecified atom stereocenters. The van der Waals surface area contributed by atoms with Crippen molar-refractivity contribution in [2.75, 3.05) is 38.6 Å². The normalized spacial score (nSPS) is 15.3. The zero-order valence-corrected chi connectivity index (χ0v) is 18.4. The van der Waals surface area contributed by atoms with Crippen LogP contribution in [0.25, 0.3) is 11.1 Å². The van der Waals surface area contributed by atoms with Gasteiger partial charge in [0.15, 0.2) is 0 Å². The van der Waals surface area contributed by atoms with Crippen LogP contribution in [-0.2, 0) is 0 Å². The van der Waals surface area contributed by atoms with Crippen molar-refractivity contribution in [1.82, 2.24) is 15.2 Å². The van der Waals surface area contributed by atoms with E-state index in [1.54, 1.807) is 6.20 Å². The van der Waals surface area contributed by atoms with E-state index in [9.17, 15) is 4.79 Å². The summed E-state index contributed by atoms with van der Waals surface area (Å²) < 4.78 is 0. The van der Waals surface area contributed by atoms with Gasteiger partial charge in [0, 0.05) is 56.9 Å². The molecule has 7 heteroatoms.